The predicted octanol–water partition coefficient (Wildman–Crippen LogP) is 0.964. The highest BCUT2D eigenvalue weighted by Gasteiger charge is 2.30. The number of nitrogens with one attached hydrogen (secondary N) is 2. The maximum atomic E-state index is 12.1. The van der Waals surface area contributed by atoms with Crippen LogP contribution in [0, 0.1) is 0 Å². The fraction of sp³-hybridized carbons (Fsp3) is 0.467. The SMILES string of the molecule is O=C1NCCN(c2ccccc2C2CCCCN2)C1=O. The fourth-order valence-corrected chi connectivity index (χ4v) is 2.96. The van der Waals surface area contributed by atoms with Gasteiger partial charge in [0.2, 0.25) is 0 Å². The number of nitrogens with zero attached hydrogens (tertiary/aromatic N) is 1. The minimum Gasteiger partial charge on any atom is -0.346 e. The van der Waals surface area contributed by atoms with E-state index < -0.39 is 11.8 Å². The normalized spacial score (nSPS) is 23.6. The molecule has 0 spiro atoms. The van der Waals surface area contributed by atoms with Crippen molar-refractivity contribution in [1.29, 1.82) is 0 Å². The van der Waals surface area contributed by atoms with Crippen molar-refractivity contribution in [1.82, 2.24) is 10.6 Å². The van der Waals surface area contributed by atoms with E-state index >= 15 is 0 Å². The zero-order valence-corrected chi connectivity index (χ0v) is 11.4. The highest BCUT2D eigenvalue weighted by atomic mass is 16.2. The standard InChI is InChI=1S/C15H19N3O2/c19-14-15(20)18(10-9-17-14)13-7-2-1-5-11(13)12-6-3-4-8-16-12/h1-2,5,7,12,16H,3-4,6,8-10H2,(H,17,19). The minimum absolute atomic E-state index is 0.276. The Kier molecular flexibility index (Phi) is 3.69. The average molecular weight is 273 g/mol. The zero-order valence-electron chi connectivity index (χ0n) is 11.4. The van der Waals surface area contributed by atoms with Gasteiger partial charge in [-0.05, 0) is 31.0 Å². The van der Waals surface area contributed by atoms with E-state index in [1.807, 2.05) is 18.2 Å². The maximum Gasteiger partial charge on any atom is 0.316 e. The first-order chi connectivity index (χ1) is 9.77. The summed E-state index contributed by atoms with van der Waals surface area (Å²) in [4.78, 5) is 25.2. The van der Waals surface area contributed by atoms with E-state index in [9.17, 15) is 9.59 Å². The molecule has 2 N–H and O–H groups in total. The number of piperidine rings is 1. The van der Waals surface area contributed by atoms with Gasteiger partial charge >= 0.3 is 11.8 Å². The number of carbonyl (C=O) groups is 2. The van der Waals surface area contributed by atoms with Crippen LogP contribution in [-0.4, -0.2) is 31.4 Å². The molecule has 1 aromatic carbocycles. The number of hydrogen-bond donors (Lipinski definition) is 2. The molecule has 1 unspecified atom stereocenters. The first-order valence-corrected chi connectivity index (χ1v) is 7.19. The molecule has 2 saturated heterocycles. The van der Waals surface area contributed by atoms with Crippen LogP contribution in [0.2, 0.25) is 0 Å². The molecular weight excluding hydrogens is 254 g/mol. The van der Waals surface area contributed by atoms with Crippen LogP contribution in [0.5, 0.6) is 0 Å². The predicted molar refractivity (Wildman–Crippen MR) is 76.4 cm³/mol. The van der Waals surface area contributed by atoms with Crippen LogP contribution in [0.15, 0.2) is 24.3 Å². The molecular formula is C15H19N3O2. The van der Waals surface area contributed by atoms with Gasteiger partial charge in [-0.25, -0.2) is 0 Å². The Morgan fingerprint density at radius 2 is 1.95 bits per heavy atom. The lowest BCUT2D eigenvalue weighted by atomic mass is 9.95. The summed E-state index contributed by atoms with van der Waals surface area (Å²) < 4.78 is 0. The molecule has 2 aliphatic rings. The van der Waals surface area contributed by atoms with Gasteiger partial charge in [-0.2, -0.15) is 0 Å². The van der Waals surface area contributed by atoms with Crippen molar-refractivity contribution in [3.8, 4) is 0 Å². The van der Waals surface area contributed by atoms with E-state index in [0.717, 1.165) is 24.2 Å². The third-order valence-corrected chi connectivity index (χ3v) is 3.97. The molecule has 0 aliphatic carbocycles. The van der Waals surface area contributed by atoms with E-state index in [1.54, 1.807) is 4.90 Å². The number of piperazine rings is 1. The molecule has 2 amide bonds. The van der Waals surface area contributed by atoms with Crippen molar-refractivity contribution in [3.05, 3.63) is 29.8 Å². The number of amides is 2. The molecule has 1 atom stereocenters. The van der Waals surface area contributed by atoms with Crippen LogP contribution in [0.3, 0.4) is 0 Å². The molecule has 2 heterocycles. The second-order valence-electron chi connectivity index (χ2n) is 5.27. The second kappa shape index (κ2) is 5.63. The monoisotopic (exact) mass is 273 g/mol. The molecule has 5 heteroatoms. The highest BCUT2D eigenvalue weighted by Crippen LogP contribution is 2.31. The Balaban J connectivity index is 1.92. The molecule has 0 aromatic heterocycles. The van der Waals surface area contributed by atoms with Gasteiger partial charge in [-0.3, -0.25) is 9.59 Å². The van der Waals surface area contributed by atoms with Crippen molar-refractivity contribution >= 4 is 17.5 Å². The smallest absolute Gasteiger partial charge is 0.316 e. The summed E-state index contributed by atoms with van der Waals surface area (Å²) in [6.07, 6.45) is 3.47. The first kappa shape index (κ1) is 13.1. The maximum absolute atomic E-state index is 12.1. The van der Waals surface area contributed by atoms with E-state index in [1.165, 1.54) is 12.8 Å². The third-order valence-electron chi connectivity index (χ3n) is 3.97. The van der Waals surface area contributed by atoms with E-state index in [-0.39, 0.29) is 6.04 Å². The van der Waals surface area contributed by atoms with Gasteiger partial charge in [0.05, 0.1) is 0 Å². The molecule has 2 fully saturated rings. The summed E-state index contributed by atoms with van der Waals surface area (Å²) >= 11 is 0. The quantitative estimate of drug-likeness (QED) is 0.789. The number of para-hydroxylation sites is 1. The zero-order chi connectivity index (χ0) is 13.9. The number of benzene rings is 1. The lowest BCUT2D eigenvalue weighted by molar-refractivity contribution is -0.138. The van der Waals surface area contributed by atoms with Crippen molar-refractivity contribution < 1.29 is 9.59 Å². The molecule has 0 bridgehead atoms. The minimum atomic E-state index is -0.511. The Hall–Kier alpha value is -1.88. The van der Waals surface area contributed by atoms with Crippen LogP contribution >= 0.6 is 0 Å². The summed E-state index contributed by atoms with van der Waals surface area (Å²) in [6.45, 7) is 2.05. The van der Waals surface area contributed by atoms with Crippen LogP contribution in [0.25, 0.3) is 0 Å². The number of rotatable bonds is 2. The molecule has 3 rings (SSSR count). The van der Waals surface area contributed by atoms with Gasteiger partial charge in [-0.15, -0.1) is 0 Å². The molecule has 0 radical (unpaired) electrons. The number of carbonyl (C=O) groups excluding carboxylic acids is 2. The lowest BCUT2D eigenvalue weighted by Crippen LogP contribution is -2.52. The molecule has 1 aromatic rings. The fourth-order valence-electron chi connectivity index (χ4n) is 2.96. The Morgan fingerprint density at radius 1 is 1.10 bits per heavy atom. The summed E-state index contributed by atoms with van der Waals surface area (Å²) in [5.74, 6) is -0.970. The van der Waals surface area contributed by atoms with Gasteiger partial charge in [0, 0.05) is 24.8 Å². The molecule has 2 aliphatic heterocycles. The summed E-state index contributed by atoms with van der Waals surface area (Å²) in [5, 5.41) is 6.09. The Morgan fingerprint density at radius 3 is 2.75 bits per heavy atom. The molecule has 106 valence electrons. The van der Waals surface area contributed by atoms with Crippen LogP contribution in [-0.2, 0) is 9.59 Å². The van der Waals surface area contributed by atoms with Crippen LogP contribution in [0.1, 0.15) is 30.9 Å². The average Bonchev–Trinajstić information content (AvgIpc) is 2.51. The second-order valence-corrected chi connectivity index (χ2v) is 5.27. The number of anilines is 1. The van der Waals surface area contributed by atoms with Gasteiger partial charge in [0.1, 0.15) is 0 Å². The first-order valence-electron chi connectivity index (χ1n) is 7.19. The van der Waals surface area contributed by atoms with Crippen molar-refractivity contribution in [2.24, 2.45) is 0 Å². The van der Waals surface area contributed by atoms with Gasteiger partial charge in [0.15, 0.2) is 0 Å². The Labute approximate surface area is 118 Å². The lowest BCUT2D eigenvalue weighted by Gasteiger charge is -2.32. The van der Waals surface area contributed by atoms with Gasteiger partial charge < -0.3 is 15.5 Å². The van der Waals surface area contributed by atoms with E-state index in [4.69, 9.17) is 0 Å². The third kappa shape index (κ3) is 2.41. The molecule has 5 nitrogen and oxygen atoms in total. The number of hydrogen-bond acceptors (Lipinski definition) is 3. The summed E-state index contributed by atoms with van der Waals surface area (Å²) in [6, 6.07) is 8.17. The summed E-state index contributed by atoms with van der Waals surface area (Å²) in [5.41, 5.74) is 1.99. The van der Waals surface area contributed by atoms with Crippen molar-refractivity contribution in [2.45, 2.75) is 25.3 Å². The highest BCUT2D eigenvalue weighted by molar-refractivity contribution is 6.41. The van der Waals surface area contributed by atoms with Crippen LogP contribution in [0.4, 0.5) is 5.69 Å². The molecule has 0 saturated carbocycles. The summed E-state index contributed by atoms with van der Waals surface area (Å²) in [7, 11) is 0. The van der Waals surface area contributed by atoms with Crippen molar-refractivity contribution in [3.63, 3.8) is 0 Å². The Bertz CT molecular complexity index is 524. The van der Waals surface area contributed by atoms with Gasteiger partial charge in [-0.1, -0.05) is 24.6 Å². The van der Waals surface area contributed by atoms with Crippen molar-refractivity contribution in [2.75, 3.05) is 24.5 Å². The largest absolute Gasteiger partial charge is 0.346 e. The topological polar surface area (TPSA) is 61.4 Å². The molecule has 20 heavy (non-hydrogen) atoms. The van der Waals surface area contributed by atoms with Crippen LogP contribution < -0.4 is 15.5 Å². The van der Waals surface area contributed by atoms with E-state index in [0.29, 0.717) is 13.1 Å². The van der Waals surface area contributed by atoms with E-state index in [2.05, 4.69) is 16.7 Å². The van der Waals surface area contributed by atoms with Gasteiger partial charge in [0.25, 0.3) is 0 Å².